The molecule has 1 aromatic heterocycles. The van der Waals surface area contributed by atoms with Gasteiger partial charge >= 0.3 is 6.03 Å². The number of nitrogens with one attached hydrogen (secondary N) is 2. The number of carbonyl (C=O) groups excluding carboxylic acids is 3. The van der Waals surface area contributed by atoms with Gasteiger partial charge < -0.3 is 10.6 Å². The van der Waals surface area contributed by atoms with Crippen molar-refractivity contribution < 1.29 is 14.4 Å². The maximum Gasteiger partial charge on any atom is 0.325 e. The van der Waals surface area contributed by atoms with Gasteiger partial charge in [-0.05, 0) is 55.9 Å². The lowest BCUT2D eigenvalue weighted by Gasteiger charge is -2.22. The minimum Gasteiger partial charge on any atom is -0.319 e. The highest BCUT2D eigenvalue weighted by atomic mass is 32.1. The van der Waals surface area contributed by atoms with Crippen molar-refractivity contribution in [1.29, 1.82) is 0 Å². The van der Waals surface area contributed by atoms with Crippen molar-refractivity contribution in [3.05, 3.63) is 70.1 Å². The smallest absolute Gasteiger partial charge is 0.319 e. The number of aromatic nitrogens is 1. The fourth-order valence-electron chi connectivity index (χ4n) is 4.42. The van der Waals surface area contributed by atoms with Gasteiger partial charge in [0.2, 0.25) is 5.91 Å². The quantitative estimate of drug-likeness (QED) is 0.563. The van der Waals surface area contributed by atoms with Crippen LogP contribution in [0.1, 0.15) is 35.6 Å². The molecule has 2 heterocycles. The Morgan fingerprint density at radius 2 is 1.91 bits per heavy atom. The number of benzene rings is 2. The first kappa shape index (κ1) is 21.3. The van der Waals surface area contributed by atoms with Gasteiger partial charge in [0.15, 0.2) is 5.13 Å². The maximum atomic E-state index is 13.0. The molecule has 2 aromatic carbocycles. The highest BCUT2D eigenvalue weighted by Crippen LogP contribution is 2.31. The van der Waals surface area contributed by atoms with Gasteiger partial charge in [-0.3, -0.25) is 14.5 Å². The molecule has 1 aliphatic carbocycles. The first-order valence-corrected chi connectivity index (χ1v) is 11.8. The molecule has 0 saturated carbocycles. The van der Waals surface area contributed by atoms with E-state index in [1.165, 1.54) is 28.9 Å². The predicted molar refractivity (Wildman–Crippen MR) is 127 cm³/mol. The number of rotatable bonds is 5. The molecule has 0 radical (unpaired) electrons. The van der Waals surface area contributed by atoms with Gasteiger partial charge in [-0.2, -0.15) is 0 Å². The Morgan fingerprint density at radius 3 is 2.70 bits per heavy atom. The van der Waals surface area contributed by atoms with Crippen molar-refractivity contribution in [2.45, 2.75) is 38.6 Å². The molecule has 168 valence electrons. The molecule has 1 fully saturated rings. The van der Waals surface area contributed by atoms with E-state index in [-0.39, 0.29) is 6.54 Å². The van der Waals surface area contributed by atoms with Crippen LogP contribution in [0.15, 0.2) is 47.8 Å². The Bertz CT molecular complexity index is 1270. The first-order valence-electron chi connectivity index (χ1n) is 10.9. The zero-order chi connectivity index (χ0) is 23.2. The number of carbonyl (C=O) groups is 3. The van der Waals surface area contributed by atoms with E-state index in [9.17, 15) is 14.4 Å². The molecule has 2 aliphatic rings. The average molecular weight is 461 g/mol. The normalized spacial score (nSPS) is 19.5. The number of imide groups is 1. The molecule has 2 N–H and O–H groups in total. The summed E-state index contributed by atoms with van der Waals surface area (Å²) in [6.07, 6.45) is 3.40. The summed E-state index contributed by atoms with van der Waals surface area (Å²) in [4.78, 5) is 43.7. The van der Waals surface area contributed by atoms with Crippen LogP contribution >= 0.6 is 11.3 Å². The topological polar surface area (TPSA) is 91.4 Å². The van der Waals surface area contributed by atoms with Crippen LogP contribution in [0.2, 0.25) is 0 Å². The molecule has 4 amide bonds. The molecule has 7 nitrogen and oxygen atoms in total. The second-order valence-corrected chi connectivity index (χ2v) is 9.59. The van der Waals surface area contributed by atoms with Crippen molar-refractivity contribution in [3.8, 4) is 11.3 Å². The van der Waals surface area contributed by atoms with Crippen molar-refractivity contribution in [2.24, 2.45) is 0 Å². The van der Waals surface area contributed by atoms with E-state index in [0.717, 1.165) is 34.6 Å². The van der Waals surface area contributed by atoms with Crippen LogP contribution in [0.4, 0.5) is 9.93 Å². The van der Waals surface area contributed by atoms with Gasteiger partial charge in [-0.1, -0.05) is 42.0 Å². The van der Waals surface area contributed by atoms with E-state index in [2.05, 4.69) is 33.8 Å². The SMILES string of the molecule is Cc1ccc(C2(C)NC(=O)N(CC(=O)Nc3nc(-c4ccc5c(c4)CCC5)cs3)C2=O)cc1. The molecule has 1 saturated heterocycles. The molecule has 1 aliphatic heterocycles. The predicted octanol–water partition coefficient (Wildman–Crippen LogP) is 4.01. The Balaban J connectivity index is 1.26. The van der Waals surface area contributed by atoms with Crippen LogP contribution in [0, 0.1) is 6.92 Å². The van der Waals surface area contributed by atoms with Crippen LogP contribution in [0.3, 0.4) is 0 Å². The number of amides is 4. The molecule has 0 bridgehead atoms. The zero-order valence-corrected chi connectivity index (χ0v) is 19.3. The standard InChI is InChI=1S/C25H24N4O3S/c1-15-6-10-19(11-7-15)25(2)22(31)29(24(32)28-25)13-21(30)27-23-26-20(14-33-23)18-9-8-16-4-3-5-17(16)12-18/h6-12,14H,3-5,13H2,1-2H3,(H,28,32)(H,26,27,30). The van der Waals surface area contributed by atoms with Gasteiger partial charge in [0, 0.05) is 10.9 Å². The Kier molecular flexibility index (Phi) is 5.25. The van der Waals surface area contributed by atoms with Crippen molar-refractivity contribution in [2.75, 3.05) is 11.9 Å². The highest BCUT2D eigenvalue weighted by Gasteiger charge is 2.49. The molecule has 1 atom stereocenters. The fourth-order valence-corrected chi connectivity index (χ4v) is 5.16. The third-order valence-electron chi connectivity index (χ3n) is 6.35. The minimum atomic E-state index is -1.20. The summed E-state index contributed by atoms with van der Waals surface area (Å²) in [7, 11) is 0. The highest BCUT2D eigenvalue weighted by molar-refractivity contribution is 7.14. The van der Waals surface area contributed by atoms with Gasteiger partial charge in [0.05, 0.1) is 5.69 Å². The zero-order valence-electron chi connectivity index (χ0n) is 18.5. The van der Waals surface area contributed by atoms with Crippen LogP contribution in [0.25, 0.3) is 11.3 Å². The molecule has 33 heavy (non-hydrogen) atoms. The first-order chi connectivity index (χ1) is 15.8. The van der Waals surface area contributed by atoms with E-state index in [0.29, 0.717) is 10.7 Å². The lowest BCUT2D eigenvalue weighted by molar-refractivity contribution is -0.133. The largest absolute Gasteiger partial charge is 0.325 e. The van der Waals surface area contributed by atoms with Crippen molar-refractivity contribution in [1.82, 2.24) is 15.2 Å². The van der Waals surface area contributed by atoms with E-state index in [4.69, 9.17) is 0 Å². The van der Waals surface area contributed by atoms with Gasteiger partial charge in [0.25, 0.3) is 5.91 Å². The second-order valence-electron chi connectivity index (χ2n) is 8.74. The van der Waals surface area contributed by atoms with E-state index in [1.54, 1.807) is 6.92 Å². The monoisotopic (exact) mass is 460 g/mol. The maximum absolute atomic E-state index is 13.0. The summed E-state index contributed by atoms with van der Waals surface area (Å²) in [6, 6.07) is 13.2. The lowest BCUT2D eigenvalue weighted by atomic mass is 9.91. The van der Waals surface area contributed by atoms with Crippen molar-refractivity contribution >= 4 is 34.3 Å². The number of fused-ring (bicyclic) bond motifs is 1. The summed E-state index contributed by atoms with van der Waals surface area (Å²) in [5, 5.41) is 7.78. The van der Waals surface area contributed by atoms with E-state index < -0.39 is 23.4 Å². The summed E-state index contributed by atoms with van der Waals surface area (Å²) >= 11 is 1.32. The van der Waals surface area contributed by atoms with Gasteiger partial charge in [-0.25, -0.2) is 9.78 Å². The number of nitrogens with zero attached hydrogens (tertiary/aromatic N) is 2. The summed E-state index contributed by atoms with van der Waals surface area (Å²) in [6.45, 7) is 3.23. The number of aryl methyl sites for hydroxylation is 3. The third-order valence-corrected chi connectivity index (χ3v) is 7.11. The molecule has 8 heteroatoms. The van der Waals surface area contributed by atoms with Gasteiger partial charge in [-0.15, -0.1) is 11.3 Å². The summed E-state index contributed by atoms with van der Waals surface area (Å²) < 4.78 is 0. The summed E-state index contributed by atoms with van der Waals surface area (Å²) in [5.74, 6) is -0.925. The fraction of sp³-hybridized carbons (Fsp3) is 0.280. The Labute approximate surface area is 195 Å². The average Bonchev–Trinajstić information content (AvgIpc) is 3.50. The van der Waals surface area contributed by atoms with Gasteiger partial charge in [0.1, 0.15) is 12.1 Å². The van der Waals surface area contributed by atoms with Crippen LogP contribution in [-0.4, -0.2) is 34.3 Å². The van der Waals surface area contributed by atoms with Crippen LogP contribution in [0.5, 0.6) is 0 Å². The molecular weight excluding hydrogens is 436 g/mol. The Hall–Kier alpha value is -3.52. The van der Waals surface area contributed by atoms with Crippen molar-refractivity contribution in [3.63, 3.8) is 0 Å². The lowest BCUT2D eigenvalue weighted by Crippen LogP contribution is -2.42. The van der Waals surface area contributed by atoms with E-state index in [1.807, 2.05) is 36.6 Å². The minimum absolute atomic E-state index is 0.375. The molecular formula is C25H24N4O3S. The number of hydrogen-bond donors (Lipinski definition) is 2. The molecule has 3 aromatic rings. The Morgan fingerprint density at radius 1 is 1.15 bits per heavy atom. The number of hydrogen-bond acceptors (Lipinski definition) is 5. The number of urea groups is 1. The van der Waals surface area contributed by atoms with Crippen LogP contribution < -0.4 is 10.6 Å². The second kappa shape index (κ2) is 8.12. The molecule has 5 rings (SSSR count). The van der Waals surface area contributed by atoms with Crippen LogP contribution in [-0.2, 0) is 28.0 Å². The molecule has 0 spiro atoms. The van der Waals surface area contributed by atoms with E-state index >= 15 is 0 Å². The molecule has 1 unspecified atom stereocenters. The summed E-state index contributed by atoms with van der Waals surface area (Å²) in [5.41, 5.74) is 5.11. The third kappa shape index (κ3) is 3.91. The number of thiazole rings is 1. The number of anilines is 1.